The summed E-state index contributed by atoms with van der Waals surface area (Å²) >= 11 is 0. The van der Waals surface area contributed by atoms with E-state index in [9.17, 15) is 4.79 Å². The second-order valence-corrected chi connectivity index (χ2v) is 4.64. The molecule has 0 saturated carbocycles. The van der Waals surface area contributed by atoms with Gasteiger partial charge in [-0.3, -0.25) is 4.79 Å². The maximum absolute atomic E-state index is 11.6. The summed E-state index contributed by atoms with van der Waals surface area (Å²) in [7, 11) is 0. The molecule has 1 fully saturated rings. The number of likely N-dealkylation sites (tertiary alicyclic amines) is 1. The van der Waals surface area contributed by atoms with Crippen LogP contribution in [0.2, 0.25) is 0 Å². The standard InChI is InChI=1S/C12H23NO3/c1-3-16-12(15)11-5-4-6-13(8-11)7-10(2)9-14/h10-11,14H,3-9H2,1-2H3/t10?,11-/m1/s1. The van der Waals surface area contributed by atoms with Gasteiger partial charge in [-0.15, -0.1) is 0 Å². The summed E-state index contributed by atoms with van der Waals surface area (Å²) in [6.45, 7) is 7.21. The lowest BCUT2D eigenvalue weighted by molar-refractivity contribution is -0.150. The summed E-state index contributed by atoms with van der Waals surface area (Å²) < 4.78 is 5.05. The minimum absolute atomic E-state index is 0.0274. The third-order valence-corrected chi connectivity index (χ3v) is 3.01. The molecule has 0 radical (unpaired) electrons. The highest BCUT2D eigenvalue weighted by atomic mass is 16.5. The van der Waals surface area contributed by atoms with Gasteiger partial charge < -0.3 is 14.7 Å². The zero-order valence-corrected chi connectivity index (χ0v) is 10.3. The van der Waals surface area contributed by atoms with Crippen molar-refractivity contribution in [1.82, 2.24) is 4.90 Å². The van der Waals surface area contributed by atoms with Gasteiger partial charge in [0, 0.05) is 19.7 Å². The molecule has 1 N–H and O–H groups in total. The molecule has 94 valence electrons. The van der Waals surface area contributed by atoms with Crippen LogP contribution in [0.3, 0.4) is 0 Å². The van der Waals surface area contributed by atoms with Crippen molar-refractivity contribution in [3.05, 3.63) is 0 Å². The van der Waals surface area contributed by atoms with Crippen LogP contribution in [0.4, 0.5) is 0 Å². The Morgan fingerprint density at radius 1 is 1.62 bits per heavy atom. The van der Waals surface area contributed by atoms with Gasteiger partial charge in [0.1, 0.15) is 0 Å². The molecule has 0 aromatic carbocycles. The molecule has 0 aromatic rings. The Balaban J connectivity index is 2.37. The minimum atomic E-state index is -0.0659. The lowest BCUT2D eigenvalue weighted by atomic mass is 9.97. The number of carbonyl (C=O) groups is 1. The van der Waals surface area contributed by atoms with E-state index < -0.39 is 0 Å². The minimum Gasteiger partial charge on any atom is -0.466 e. The number of aliphatic hydroxyl groups is 1. The molecule has 2 atom stereocenters. The van der Waals surface area contributed by atoms with Crippen molar-refractivity contribution in [2.75, 3.05) is 32.8 Å². The maximum atomic E-state index is 11.6. The number of piperidine rings is 1. The average molecular weight is 229 g/mol. The number of rotatable bonds is 5. The number of esters is 1. The lowest BCUT2D eigenvalue weighted by Gasteiger charge is -2.32. The fourth-order valence-electron chi connectivity index (χ4n) is 2.17. The van der Waals surface area contributed by atoms with Gasteiger partial charge in [-0.2, -0.15) is 0 Å². The monoisotopic (exact) mass is 229 g/mol. The summed E-state index contributed by atoms with van der Waals surface area (Å²) in [5, 5.41) is 9.01. The van der Waals surface area contributed by atoms with Gasteiger partial charge >= 0.3 is 5.97 Å². The lowest BCUT2D eigenvalue weighted by Crippen LogP contribution is -2.41. The van der Waals surface area contributed by atoms with Crippen LogP contribution in [-0.2, 0) is 9.53 Å². The first kappa shape index (κ1) is 13.5. The number of nitrogens with zero attached hydrogens (tertiary/aromatic N) is 1. The Bertz CT molecular complexity index is 220. The summed E-state index contributed by atoms with van der Waals surface area (Å²) in [5.41, 5.74) is 0. The van der Waals surface area contributed by atoms with Crippen molar-refractivity contribution in [3.63, 3.8) is 0 Å². The molecule has 4 nitrogen and oxygen atoms in total. The van der Waals surface area contributed by atoms with Crippen LogP contribution in [0, 0.1) is 11.8 Å². The molecular weight excluding hydrogens is 206 g/mol. The quantitative estimate of drug-likeness (QED) is 0.711. The smallest absolute Gasteiger partial charge is 0.310 e. The first-order chi connectivity index (χ1) is 7.67. The molecule has 1 unspecified atom stereocenters. The van der Waals surface area contributed by atoms with E-state index in [1.165, 1.54) is 0 Å². The Kier molecular flexibility index (Phi) is 5.77. The van der Waals surface area contributed by atoms with Crippen LogP contribution in [0.5, 0.6) is 0 Å². The van der Waals surface area contributed by atoms with Gasteiger partial charge in [-0.05, 0) is 32.2 Å². The maximum Gasteiger partial charge on any atom is 0.310 e. The number of ether oxygens (including phenoxy) is 1. The van der Waals surface area contributed by atoms with Crippen molar-refractivity contribution in [2.24, 2.45) is 11.8 Å². The summed E-state index contributed by atoms with van der Waals surface area (Å²) in [4.78, 5) is 13.9. The van der Waals surface area contributed by atoms with Crippen LogP contribution in [0.25, 0.3) is 0 Å². The fraction of sp³-hybridized carbons (Fsp3) is 0.917. The zero-order valence-electron chi connectivity index (χ0n) is 10.3. The Hall–Kier alpha value is -0.610. The molecule has 1 aliphatic heterocycles. The van der Waals surface area contributed by atoms with E-state index >= 15 is 0 Å². The molecule has 0 bridgehead atoms. The van der Waals surface area contributed by atoms with Crippen molar-refractivity contribution in [2.45, 2.75) is 26.7 Å². The summed E-state index contributed by atoms with van der Waals surface area (Å²) in [5.74, 6) is 0.240. The van der Waals surface area contributed by atoms with E-state index in [4.69, 9.17) is 9.84 Å². The number of carbonyl (C=O) groups excluding carboxylic acids is 1. The van der Waals surface area contributed by atoms with Crippen molar-refractivity contribution >= 4 is 5.97 Å². The first-order valence-corrected chi connectivity index (χ1v) is 6.17. The van der Waals surface area contributed by atoms with Crippen molar-refractivity contribution in [1.29, 1.82) is 0 Å². The van der Waals surface area contributed by atoms with Crippen LogP contribution in [0.1, 0.15) is 26.7 Å². The third-order valence-electron chi connectivity index (χ3n) is 3.01. The van der Waals surface area contributed by atoms with E-state index in [1.807, 2.05) is 13.8 Å². The topological polar surface area (TPSA) is 49.8 Å². The van der Waals surface area contributed by atoms with Gasteiger partial charge in [0.25, 0.3) is 0 Å². The zero-order chi connectivity index (χ0) is 12.0. The second-order valence-electron chi connectivity index (χ2n) is 4.64. The van der Waals surface area contributed by atoms with Gasteiger partial charge in [0.2, 0.25) is 0 Å². The van der Waals surface area contributed by atoms with Crippen LogP contribution >= 0.6 is 0 Å². The second kappa shape index (κ2) is 6.86. The molecule has 1 rings (SSSR count). The van der Waals surface area contributed by atoms with E-state index in [1.54, 1.807) is 0 Å². The van der Waals surface area contributed by atoms with Crippen LogP contribution < -0.4 is 0 Å². The molecule has 1 saturated heterocycles. The van der Waals surface area contributed by atoms with Gasteiger partial charge in [-0.25, -0.2) is 0 Å². The molecule has 1 aliphatic rings. The normalized spacial score (nSPS) is 24.1. The molecule has 0 amide bonds. The average Bonchev–Trinajstić information content (AvgIpc) is 2.29. The van der Waals surface area contributed by atoms with Gasteiger partial charge in [-0.1, -0.05) is 6.92 Å². The predicted molar refractivity (Wildman–Crippen MR) is 62.0 cm³/mol. The number of hydrogen-bond acceptors (Lipinski definition) is 4. The number of hydrogen-bond donors (Lipinski definition) is 1. The van der Waals surface area contributed by atoms with Crippen LogP contribution in [0.15, 0.2) is 0 Å². The fourth-order valence-corrected chi connectivity index (χ4v) is 2.17. The van der Waals surface area contributed by atoms with Crippen molar-refractivity contribution < 1.29 is 14.6 Å². The van der Waals surface area contributed by atoms with E-state index in [0.717, 1.165) is 32.5 Å². The van der Waals surface area contributed by atoms with Crippen LogP contribution in [-0.4, -0.2) is 48.8 Å². The molecule has 1 heterocycles. The Labute approximate surface area is 97.6 Å². The molecule has 0 aromatic heterocycles. The predicted octanol–water partition coefficient (Wildman–Crippen LogP) is 0.890. The summed E-state index contributed by atoms with van der Waals surface area (Å²) in [6, 6.07) is 0. The van der Waals surface area contributed by atoms with Crippen molar-refractivity contribution in [3.8, 4) is 0 Å². The molecule has 16 heavy (non-hydrogen) atoms. The van der Waals surface area contributed by atoms with Gasteiger partial charge in [0.05, 0.1) is 12.5 Å². The Morgan fingerprint density at radius 2 is 2.38 bits per heavy atom. The van der Waals surface area contributed by atoms with E-state index in [-0.39, 0.29) is 24.4 Å². The van der Waals surface area contributed by atoms with Gasteiger partial charge in [0.15, 0.2) is 0 Å². The highest BCUT2D eigenvalue weighted by Gasteiger charge is 2.27. The summed E-state index contributed by atoms with van der Waals surface area (Å²) in [6.07, 6.45) is 1.98. The molecular formula is C12H23NO3. The Morgan fingerprint density at radius 3 is 3.00 bits per heavy atom. The largest absolute Gasteiger partial charge is 0.466 e. The highest BCUT2D eigenvalue weighted by Crippen LogP contribution is 2.18. The highest BCUT2D eigenvalue weighted by molar-refractivity contribution is 5.72. The SMILES string of the molecule is CCOC(=O)[C@@H]1CCCN(CC(C)CO)C1. The molecule has 4 heteroatoms. The first-order valence-electron chi connectivity index (χ1n) is 6.17. The molecule has 0 aliphatic carbocycles. The third kappa shape index (κ3) is 4.10. The molecule has 0 spiro atoms. The van der Waals surface area contributed by atoms with E-state index in [2.05, 4.69) is 4.90 Å². The number of aliphatic hydroxyl groups excluding tert-OH is 1. The van der Waals surface area contributed by atoms with E-state index in [0.29, 0.717) is 6.61 Å².